The number of aromatic hydroxyl groups is 1. The standard InChI is InChI=1S/C24H30F2N4O8/c1-28-14-29-2-3-35-4-5-36-6-7-37-8-9-38-19-11-15(25)10-18(26)16(19)12-27-23(33)17-13-30(29)20(24(28)34)22(32)21(17)31/h10-11,13,23,27,32-33H,2-9,12,14H2,1H3. The van der Waals surface area contributed by atoms with Crippen molar-refractivity contribution in [3.63, 3.8) is 0 Å². The first kappa shape index (κ1) is 27.7. The third kappa shape index (κ3) is 6.22. The Morgan fingerprint density at radius 2 is 1.66 bits per heavy atom. The van der Waals surface area contributed by atoms with Crippen LogP contribution in [0.4, 0.5) is 8.78 Å². The molecule has 1 aromatic heterocycles. The second-order valence-corrected chi connectivity index (χ2v) is 8.66. The van der Waals surface area contributed by atoms with Crippen LogP contribution >= 0.6 is 0 Å². The lowest BCUT2D eigenvalue weighted by atomic mass is 10.1. The van der Waals surface area contributed by atoms with Gasteiger partial charge in [-0.05, 0) is 0 Å². The number of amides is 1. The number of hydrogen-bond acceptors (Lipinski definition) is 10. The highest BCUT2D eigenvalue weighted by atomic mass is 19.1. The van der Waals surface area contributed by atoms with Crippen LogP contribution in [0.3, 0.4) is 0 Å². The molecule has 0 saturated heterocycles. The number of ether oxygens (including phenoxy) is 4. The van der Waals surface area contributed by atoms with E-state index in [-0.39, 0.29) is 68.8 Å². The summed E-state index contributed by atoms with van der Waals surface area (Å²) in [6, 6.07) is 1.68. The molecular formula is C24H30F2N4O8. The number of nitrogens with zero attached hydrogens (tertiary/aromatic N) is 3. The average Bonchev–Trinajstić information content (AvgIpc) is 2.87. The van der Waals surface area contributed by atoms with Crippen LogP contribution in [0.25, 0.3) is 0 Å². The summed E-state index contributed by atoms with van der Waals surface area (Å²) in [5, 5.41) is 25.7. The van der Waals surface area contributed by atoms with Crippen molar-refractivity contribution in [3.05, 3.63) is 57.0 Å². The zero-order valence-electron chi connectivity index (χ0n) is 20.8. The minimum Gasteiger partial charge on any atom is -0.502 e. The van der Waals surface area contributed by atoms with Gasteiger partial charge in [0.15, 0.2) is 11.4 Å². The molecule has 0 fully saturated rings. The number of aromatic nitrogens is 1. The quantitative estimate of drug-likeness (QED) is 0.420. The zero-order valence-corrected chi connectivity index (χ0v) is 20.8. The molecule has 0 aliphatic carbocycles. The number of fused-ring (bicyclic) bond motifs is 2. The van der Waals surface area contributed by atoms with Gasteiger partial charge in [-0.25, -0.2) is 8.78 Å². The second kappa shape index (κ2) is 12.5. The van der Waals surface area contributed by atoms with Crippen molar-refractivity contribution in [2.75, 3.05) is 71.5 Å². The molecular weight excluding hydrogens is 510 g/mol. The molecule has 0 spiro atoms. The van der Waals surface area contributed by atoms with Crippen molar-refractivity contribution < 1.29 is 42.7 Å². The van der Waals surface area contributed by atoms with E-state index in [9.17, 15) is 28.6 Å². The van der Waals surface area contributed by atoms with Crippen molar-refractivity contribution in [3.8, 4) is 11.5 Å². The van der Waals surface area contributed by atoms with Crippen LogP contribution in [-0.4, -0.2) is 92.2 Å². The van der Waals surface area contributed by atoms with Gasteiger partial charge in [0.05, 0.1) is 51.7 Å². The van der Waals surface area contributed by atoms with E-state index >= 15 is 0 Å². The van der Waals surface area contributed by atoms with E-state index in [0.29, 0.717) is 25.9 Å². The van der Waals surface area contributed by atoms with Crippen LogP contribution in [0.5, 0.6) is 11.5 Å². The Bertz CT molecular complexity index is 1210. The van der Waals surface area contributed by atoms with E-state index < -0.39 is 34.9 Å². The SMILES string of the molecule is CN1CN2CCOCCOCCOCCOc3cc(F)cc(F)c3CNC(O)c3cn2c(c(O)c3=O)C1=O. The summed E-state index contributed by atoms with van der Waals surface area (Å²) in [7, 11) is 1.52. The van der Waals surface area contributed by atoms with E-state index in [4.69, 9.17) is 18.9 Å². The Hall–Kier alpha value is -3.30. The van der Waals surface area contributed by atoms with Gasteiger partial charge >= 0.3 is 0 Å². The van der Waals surface area contributed by atoms with Gasteiger partial charge in [-0.2, -0.15) is 0 Å². The topological polar surface area (TPSA) is 135 Å². The number of hydrogen-bond donors (Lipinski definition) is 3. The Morgan fingerprint density at radius 3 is 2.37 bits per heavy atom. The summed E-state index contributed by atoms with van der Waals surface area (Å²) in [5.74, 6) is -3.29. The first-order chi connectivity index (χ1) is 18.3. The number of aliphatic hydroxyl groups is 1. The summed E-state index contributed by atoms with van der Waals surface area (Å²) < 4.78 is 51.7. The molecule has 2 aliphatic heterocycles. The fraction of sp³-hybridized carbons (Fsp3) is 0.500. The van der Waals surface area contributed by atoms with E-state index in [1.165, 1.54) is 22.8 Å². The minimum atomic E-state index is -1.68. The van der Waals surface area contributed by atoms with E-state index in [0.717, 1.165) is 6.07 Å². The molecule has 3 heterocycles. The molecule has 2 aliphatic rings. The number of benzene rings is 1. The minimum absolute atomic E-state index is 0.0000890. The Labute approximate surface area is 216 Å². The van der Waals surface area contributed by atoms with E-state index in [2.05, 4.69) is 5.32 Å². The van der Waals surface area contributed by atoms with Gasteiger partial charge in [-0.15, -0.1) is 0 Å². The third-order valence-electron chi connectivity index (χ3n) is 6.03. The lowest BCUT2D eigenvalue weighted by Gasteiger charge is -2.38. The van der Waals surface area contributed by atoms with Gasteiger partial charge in [-0.3, -0.25) is 24.6 Å². The molecule has 1 amide bonds. The lowest BCUT2D eigenvalue weighted by molar-refractivity contribution is 0.00952. The summed E-state index contributed by atoms with van der Waals surface area (Å²) in [6.07, 6.45) is -0.438. The van der Waals surface area contributed by atoms with Gasteiger partial charge in [-0.1, -0.05) is 0 Å². The number of carbonyl (C=O) groups is 1. The summed E-state index contributed by atoms with van der Waals surface area (Å²) in [6.45, 7) is 1.65. The van der Waals surface area contributed by atoms with Crippen molar-refractivity contribution in [1.29, 1.82) is 0 Å². The first-order valence-corrected chi connectivity index (χ1v) is 12.0. The van der Waals surface area contributed by atoms with Crippen molar-refractivity contribution in [1.82, 2.24) is 14.9 Å². The fourth-order valence-corrected chi connectivity index (χ4v) is 4.07. The maximum atomic E-state index is 14.6. The monoisotopic (exact) mass is 540 g/mol. The molecule has 0 radical (unpaired) electrons. The summed E-state index contributed by atoms with van der Waals surface area (Å²) in [5.41, 5.74) is -1.61. The highest BCUT2D eigenvalue weighted by Gasteiger charge is 2.32. The van der Waals surface area contributed by atoms with Crippen LogP contribution in [0.1, 0.15) is 27.8 Å². The number of carbonyl (C=O) groups excluding carboxylic acids is 1. The molecule has 208 valence electrons. The maximum absolute atomic E-state index is 14.6. The van der Waals surface area contributed by atoms with Gasteiger partial charge in [0.25, 0.3) is 5.91 Å². The van der Waals surface area contributed by atoms with Crippen molar-refractivity contribution >= 4 is 5.91 Å². The number of aliphatic hydroxyl groups excluding tert-OH is 1. The molecule has 4 rings (SSSR count). The van der Waals surface area contributed by atoms with Crippen LogP contribution in [-0.2, 0) is 20.8 Å². The molecule has 3 N–H and O–H groups in total. The van der Waals surface area contributed by atoms with Crippen LogP contribution in [0, 0.1) is 11.6 Å². The smallest absolute Gasteiger partial charge is 0.277 e. The van der Waals surface area contributed by atoms with Crippen LogP contribution < -0.4 is 20.5 Å². The molecule has 2 bridgehead atoms. The van der Waals surface area contributed by atoms with Gasteiger partial charge in [0.1, 0.15) is 36.9 Å². The van der Waals surface area contributed by atoms with Crippen molar-refractivity contribution in [2.24, 2.45) is 0 Å². The number of rotatable bonds is 0. The zero-order chi connectivity index (χ0) is 27.2. The predicted molar refractivity (Wildman–Crippen MR) is 129 cm³/mol. The largest absolute Gasteiger partial charge is 0.502 e. The molecule has 38 heavy (non-hydrogen) atoms. The second-order valence-electron chi connectivity index (χ2n) is 8.66. The first-order valence-electron chi connectivity index (χ1n) is 12.0. The van der Waals surface area contributed by atoms with Gasteiger partial charge in [0, 0.05) is 37.5 Å². The molecule has 14 heteroatoms. The molecule has 1 aromatic carbocycles. The summed E-state index contributed by atoms with van der Waals surface area (Å²) in [4.78, 5) is 26.9. The van der Waals surface area contributed by atoms with Gasteiger partial charge < -0.3 is 34.1 Å². The highest BCUT2D eigenvalue weighted by Crippen LogP contribution is 2.26. The number of halogens is 2. The highest BCUT2D eigenvalue weighted by molar-refractivity contribution is 5.96. The predicted octanol–water partition coefficient (Wildman–Crippen LogP) is 0.0361. The third-order valence-corrected chi connectivity index (χ3v) is 6.03. The molecule has 12 nitrogen and oxygen atoms in total. The van der Waals surface area contributed by atoms with Crippen LogP contribution in [0.15, 0.2) is 23.1 Å². The fourth-order valence-electron chi connectivity index (χ4n) is 4.07. The van der Waals surface area contributed by atoms with Gasteiger partial charge in [0.2, 0.25) is 5.43 Å². The molecule has 2 aromatic rings. The normalized spacial score (nSPS) is 20.3. The van der Waals surface area contributed by atoms with Crippen molar-refractivity contribution in [2.45, 2.75) is 12.8 Å². The summed E-state index contributed by atoms with van der Waals surface area (Å²) >= 11 is 0. The average molecular weight is 541 g/mol. The Morgan fingerprint density at radius 1 is 1.00 bits per heavy atom. The lowest BCUT2D eigenvalue weighted by Crippen LogP contribution is -2.54. The molecule has 1 unspecified atom stereocenters. The maximum Gasteiger partial charge on any atom is 0.277 e. The molecule has 1 atom stereocenters. The Kier molecular flexibility index (Phi) is 9.12. The van der Waals surface area contributed by atoms with Crippen LogP contribution in [0.2, 0.25) is 0 Å². The van der Waals surface area contributed by atoms with E-state index in [1.54, 1.807) is 5.01 Å². The van der Waals surface area contributed by atoms with E-state index in [1.807, 2.05) is 0 Å². The Balaban J connectivity index is 1.65. The number of pyridine rings is 1. The molecule has 0 saturated carbocycles. The number of nitrogens with one attached hydrogen (secondary N) is 1.